The Morgan fingerprint density at radius 2 is 2.17 bits per heavy atom. The maximum Gasteiger partial charge on any atom is 0.315 e. The fourth-order valence-electron chi connectivity index (χ4n) is 2.38. The van der Waals surface area contributed by atoms with Crippen LogP contribution in [0.25, 0.3) is 0 Å². The molecule has 7 nitrogen and oxygen atoms in total. The summed E-state index contributed by atoms with van der Waals surface area (Å²) >= 11 is 0. The molecule has 0 spiro atoms. The van der Waals surface area contributed by atoms with Crippen LogP contribution in [0.1, 0.15) is 18.5 Å². The summed E-state index contributed by atoms with van der Waals surface area (Å²) in [5.74, 6) is 1.47. The molecule has 23 heavy (non-hydrogen) atoms. The van der Waals surface area contributed by atoms with Crippen LogP contribution in [0.5, 0.6) is 11.5 Å². The zero-order valence-corrected chi connectivity index (χ0v) is 13.0. The number of urea groups is 1. The van der Waals surface area contributed by atoms with Crippen molar-refractivity contribution in [2.24, 2.45) is 0 Å². The molecule has 0 radical (unpaired) electrons. The molecule has 2 heterocycles. The van der Waals surface area contributed by atoms with Crippen LogP contribution in [0, 0.1) is 0 Å². The van der Waals surface area contributed by atoms with Crippen molar-refractivity contribution in [3.63, 3.8) is 0 Å². The molecule has 2 aromatic rings. The predicted octanol–water partition coefficient (Wildman–Crippen LogP) is 1.71. The Kier molecular flexibility index (Phi) is 4.65. The Labute approximate surface area is 134 Å². The van der Waals surface area contributed by atoms with Crippen molar-refractivity contribution in [3.05, 3.63) is 42.5 Å². The topological polar surface area (TPSA) is 77.4 Å². The van der Waals surface area contributed by atoms with E-state index < -0.39 is 0 Å². The molecule has 1 aromatic carbocycles. The van der Waals surface area contributed by atoms with Gasteiger partial charge in [-0.3, -0.25) is 0 Å². The van der Waals surface area contributed by atoms with Crippen molar-refractivity contribution in [1.82, 2.24) is 20.2 Å². The van der Waals surface area contributed by atoms with Gasteiger partial charge < -0.3 is 24.7 Å². The number of imidazole rings is 1. The third-order valence-corrected chi connectivity index (χ3v) is 3.63. The molecule has 1 atom stereocenters. The first-order valence-electron chi connectivity index (χ1n) is 7.62. The fourth-order valence-corrected chi connectivity index (χ4v) is 2.38. The van der Waals surface area contributed by atoms with Crippen molar-refractivity contribution in [1.29, 1.82) is 0 Å². The summed E-state index contributed by atoms with van der Waals surface area (Å²) in [7, 11) is 0. The number of benzene rings is 1. The summed E-state index contributed by atoms with van der Waals surface area (Å²) in [6, 6.07) is 5.39. The molecule has 1 aliphatic heterocycles. The molecule has 3 rings (SSSR count). The fraction of sp³-hybridized carbons (Fsp3) is 0.375. The van der Waals surface area contributed by atoms with E-state index in [-0.39, 0.29) is 12.1 Å². The predicted molar refractivity (Wildman–Crippen MR) is 84.6 cm³/mol. The van der Waals surface area contributed by atoms with Gasteiger partial charge in [0.15, 0.2) is 11.5 Å². The molecule has 0 aliphatic carbocycles. The lowest BCUT2D eigenvalue weighted by Crippen LogP contribution is -2.38. The SMILES string of the molecule is C[C@@H](NC(=O)NCCn1ccnc1)c1ccc2c(c1)OCCO2. The summed E-state index contributed by atoms with van der Waals surface area (Å²) < 4.78 is 13.0. The van der Waals surface area contributed by atoms with Crippen LogP contribution in [0.3, 0.4) is 0 Å². The first-order chi connectivity index (χ1) is 11.2. The maximum absolute atomic E-state index is 11.9. The number of aromatic nitrogens is 2. The minimum Gasteiger partial charge on any atom is -0.486 e. The van der Waals surface area contributed by atoms with Gasteiger partial charge in [-0.1, -0.05) is 6.07 Å². The van der Waals surface area contributed by atoms with Crippen molar-refractivity contribution in [2.75, 3.05) is 19.8 Å². The van der Waals surface area contributed by atoms with Gasteiger partial charge >= 0.3 is 6.03 Å². The number of amides is 2. The average molecular weight is 316 g/mol. The quantitative estimate of drug-likeness (QED) is 0.880. The molecule has 0 unspecified atom stereocenters. The lowest BCUT2D eigenvalue weighted by Gasteiger charge is -2.21. The summed E-state index contributed by atoms with van der Waals surface area (Å²) in [5, 5.41) is 5.74. The van der Waals surface area contributed by atoms with Gasteiger partial charge in [0.25, 0.3) is 0 Å². The molecule has 122 valence electrons. The van der Waals surface area contributed by atoms with Crippen LogP contribution >= 0.6 is 0 Å². The molecule has 7 heteroatoms. The Bertz CT molecular complexity index is 657. The monoisotopic (exact) mass is 316 g/mol. The Morgan fingerprint density at radius 1 is 1.35 bits per heavy atom. The smallest absolute Gasteiger partial charge is 0.315 e. The first-order valence-corrected chi connectivity index (χ1v) is 7.62. The number of hydrogen-bond acceptors (Lipinski definition) is 4. The average Bonchev–Trinajstić information content (AvgIpc) is 3.07. The molecule has 0 fully saturated rings. The summed E-state index contributed by atoms with van der Waals surface area (Å²) in [4.78, 5) is 15.9. The van der Waals surface area contributed by atoms with Gasteiger partial charge in [-0.15, -0.1) is 0 Å². The van der Waals surface area contributed by atoms with Gasteiger partial charge in [-0.2, -0.15) is 0 Å². The number of nitrogens with one attached hydrogen (secondary N) is 2. The minimum absolute atomic E-state index is 0.126. The minimum atomic E-state index is -0.201. The number of rotatable bonds is 5. The third kappa shape index (κ3) is 3.94. The summed E-state index contributed by atoms with van der Waals surface area (Å²) in [5.41, 5.74) is 0.971. The van der Waals surface area contributed by atoms with E-state index >= 15 is 0 Å². The highest BCUT2D eigenvalue weighted by molar-refractivity contribution is 5.74. The zero-order chi connectivity index (χ0) is 16.1. The third-order valence-electron chi connectivity index (χ3n) is 3.63. The molecule has 1 aromatic heterocycles. The van der Waals surface area contributed by atoms with Crippen LogP contribution in [0.15, 0.2) is 36.9 Å². The van der Waals surface area contributed by atoms with Gasteiger partial charge in [0.1, 0.15) is 13.2 Å². The van der Waals surface area contributed by atoms with Crippen LogP contribution in [0.2, 0.25) is 0 Å². The van der Waals surface area contributed by atoms with E-state index in [0.717, 1.165) is 17.1 Å². The molecule has 1 aliphatic rings. The number of hydrogen-bond donors (Lipinski definition) is 2. The first kappa shape index (κ1) is 15.2. The molecular weight excluding hydrogens is 296 g/mol. The van der Waals surface area contributed by atoms with E-state index in [2.05, 4.69) is 15.6 Å². The van der Waals surface area contributed by atoms with Crippen molar-refractivity contribution in [2.45, 2.75) is 19.5 Å². The van der Waals surface area contributed by atoms with E-state index in [1.54, 1.807) is 12.5 Å². The number of nitrogens with zero attached hydrogens (tertiary/aromatic N) is 2. The summed E-state index contributed by atoms with van der Waals surface area (Å²) in [6.07, 6.45) is 5.29. The van der Waals surface area contributed by atoms with Crippen molar-refractivity contribution in [3.8, 4) is 11.5 Å². The van der Waals surface area contributed by atoms with Gasteiger partial charge in [0.2, 0.25) is 0 Å². The van der Waals surface area contributed by atoms with Gasteiger partial charge in [-0.25, -0.2) is 9.78 Å². The largest absolute Gasteiger partial charge is 0.486 e. The Morgan fingerprint density at radius 3 is 2.96 bits per heavy atom. The standard InChI is InChI=1S/C16H20N4O3/c1-12(13-2-3-14-15(10-13)23-9-8-22-14)19-16(21)18-5-7-20-6-4-17-11-20/h2-4,6,10-12H,5,7-9H2,1H3,(H2,18,19,21)/t12-/m1/s1. The van der Waals surface area contributed by atoms with E-state index in [1.807, 2.05) is 35.9 Å². The normalized spacial score (nSPS) is 14.1. The van der Waals surface area contributed by atoms with E-state index in [4.69, 9.17) is 9.47 Å². The number of carbonyl (C=O) groups excluding carboxylic acids is 1. The number of ether oxygens (including phenoxy) is 2. The molecule has 2 amide bonds. The van der Waals surface area contributed by atoms with Gasteiger partial charge in [0.05, 0.1) is 12.4 Å². The summed E-state index contributed by atoms with van der Waals surface area (Å²) in [6.45, 7) is 4.27. The number of carbonyl (C=O) groups is 1. The van der Waals surface area contributed by atoms with E-state index in [1.165, 1.54) is 0 Å². The van der Waals surface area contributed by atoms with Crippen molar-refractivity contribution >= 4 is 6.03 Å². The highest BCUT2D eigenvalue weighted by Gasteiger charge is 2.15. The highest BCUT2D eigenvalue weighted by atomic mass is 16.6. The maximum atomic E-state index is 11.9. The van der Waals surface area contributed by atoms with Gasteiger partial charge in [0, 0.05) is 25.5 Å². The second-order valence-corrected chi connectivity index (χ2v) is 5.33. The molecule has 2 N–H and O–H groups in total. The molecule has 0 bridgehead atoms. The molecule has 0 saturated heterocycles. The lowest BCUT2D eigenvalue weighted by atomic mass is 10.1. The van der Waals surface area contributed by atoms with Crippen LogP contribution < -0.4 is 20.1 Å². The molecular formula is C16H20N4O3. The zero-order valence-electron chi connectivity index (χ0n) is 13.0. The van der Waals surface area contributed by atoms with E-state index in [9.17, 15) is 4.79 Å². The second kappa shape index (κ2) is 7.04. The highest BCUT2D eigenvalue weighted by Crippen LogP contribution is 2.32. The molecule has 0 saturated carbocycles. The van der Waals surface area contributed by atoms with Crippen molar-refractivity contribution < 1.29 is 14.3 Å². The number of fused-ring (bicyclic) bond motifs is 1. The van der Waals surface area contributed by atoms with Crippen LogP contribution in [-0.2, 0) is 6.54 Å². The second-order valence-electron chi connectivity index (χ2n) is 5.33. The Balaban J connectivity index is 1.50. The van der Waals surface area contributed by atoms with Crippen LogP contribution in [-0.4, -0.2) is 35.3 Å². The van der Waals surface area contributed by atoms with Gasteiger partial charge in [-0.05, 0) is 24.6 Å². The van der Waals surface area contributed by atoms with Crippen LogP contribution in [0.4, 0.5) is 4.79 Å². The van der Waals surface area contributed by atoms with E-state index in [0.29, 0.717) is 26.3 Å². The Hall–Kier alpha value is -2.70. The lowest BCUT2D eigenvalue weighted by molar-refractivity contribution is 0.171.